The van der Waals surface area contributed by atoms with Crippen molar-refractivity contribution in [1.29, 1.82) is 0 Å². The van der Waals surface area contributed by atoms with Crippen molar-refractivity contribution in [2.75, 3.05) is 20.6 Å². The average molecular weight is 296 g/mol. The molecule has 110 valence electrons. The molecule has 2 unspecified atom stereocenters. The summed E-state index contributed by atoms with van der Waals surface area (Å²) in [6.45, 7) is 2.42. The fraction of sp³-hybridized carbons (Fsp3) is 0.571. The van der Waals surface area contributed by atoms with Gasteiger partial charge in [-0.2, -0.15) is 0 Å². The summed E-state index contributed by atoms with van der Waals surface area (Å²) >= 11 is 1.47. The molecule has 20 heavy (non-hydrogen) atoms. The van der Waals surface area contributed by atoms with Gasteiger partial charge in [0.1, 0.15) is 6.10 Å². The van der Waals surface area contributed by atoms with Crippen LogP contribution in [0.5, 0.6) is 0 Å². The Balaban J connectivity index is 1.78. The molecule has 0 spiro atoms. The maximum absolute atomic E-state index is 11.9. The van der Waals surface area contributed by atoms with Crippen LogP contribution in [-0.4, -0.2) is 49.6 Å². The van der Waals surface area contributed by atoms with E-state index in [0.29, 0.717) is 11.4 Å². The van der Waals surface area contributed by atoms with E-state index in [2.05, 4.69) is 5.32 Å². The monoisotopic (exact) mass is 296 g/mol. The Morgan fingerprint density at radius 1 is 1.40 bits per heavy atom. The molecule has 2 atom stereocenters. The first-order valence-corrected chi connectivity index (χ1v) is 7.50. The molecule has 2 heterocycles. The van der Waals surface area contributed by atoms with E-state index in [-0.39, 0.29) is 24.0 Å². The average Bonchev–Trinajstić information content (AvgIpc) is 3.03. The highest BCUT2D eigenvalue weighted by Gasteiger charge is 2.31. The van der Waals surface area contributed by atoms with Crippen molar-refractivity contribution in [2.45, 2.75) is 32.0 Å². The van der Waals surface area contributed by atoms with Gasteiger partial charge in [0.05, 0.1) is 11.0 Å². The number of amides is 2. The van der Waals surface area contributed by atoms with Crippen molar-refractivity contribution < 1.29 is 14.3 Å². The molecule has 0 saturated carbocycles. The van der Waals surface area contributed by atoms with Crippen LogP contribution in [0.15, 0.2) is 12.1 Å². The molecular formula is C14H20N2O3S. The summed E-state index contributed by atoms with van der Waals surface area (Å²) in [4.78, 5) is 27.0. The summed E-state index contributed by atoms with van der Waals surface area (Å²) in [5.41, 5.74) is 0. The van der Waals surface area contributed by atoms with Gasteiger partial charge < -0.3 is 15.0 Å². The number of rotatable bonds is 4. The highest BCUT2D eigenvalue weighted by molar-refractivity contribution is 7.13. The number of ether oxygens (including phenoxy) is 1. The van der Waals surface area contributed by atoms with Crippen molar-refractivity contribution >= 4 is 23.2 Å². The molecule has 2 amide bonds. The number of hydrogen-bond acceptors (Lipinski definition) is 4. The van der Waals surface area contributed by atoms with Crippen molar-refractivity contribution in [3.8, 4) is 0 Å². The molecular weight excluding hydrogens is 276 g/mol. The maximum Gasteiger partial charge on any atom is 0.261 e. The van der Waals surface area contributed by atoms with Gasteiger partial charge in [-0.3, -0.25) is 9.59 Å². The molecule has 1 N–H and O–H groups in total. The van der Waals surface area contributed by atoms with Gasteiger partial charge in [0.25, 0.3) is 11.8 Å². The Morgan fingerprint density at radius 2 is 2.15 bits per heavy atom. The van der Waals surface area contributed by atoms with Crippen molar-refractivity contribution in [1.82, 2.24) is 10.2 Å². The first kappa shape index (κ1) is 15.0. The number of aryl methyl sites for hydroxylation is 1. The standard InChI is InChI=1S/C14H20N2O3S/c1-9-4-7-12(20-9)13(17)15-8-10-5-6-11(19-10)14(18)16(2)3/h4,7,10-11H,5-6,8H2,1-3H3,(H,15,17). The predicted octanol–water partition coefficient (Wildman–Crippen LogP) is 1.42. The van der Waals surface area contributed by atoms with Gasteiger partial charge in [-0.15, -0.1) is 11.3 Å². The Labute approximate surface area is 122 Å². The minimum atomic E-state index is -0.365. The summed E-state index contributed by atoms with van der Waals surface area (Å²) in [6.07, 6.45) is 1.08. The molecule has 2 rings (SSSR count). The zero-order valence-corrected chi connectivity index (χ0v) is 12.8. The number of nitrogens with one attached hydrogen (secondary N) is 1. The first-order valence-electron chi connectivity index (χ1n) is 6.68. The van der Waals surface area contributed by atoms with Crippen molar-refractivity contribution in [3.63, 3.8) is 0 Å². The van der Waals surface area contributed by atoms with Gasteiger partial charge in [-0.25, -0.2) is 0 Å². The van der Waals surface area contributed by atoms with Crippen LogP contribution < -0.4 is 5.32 Å². The van der Waals surface area contributed by atoms with E-state index in [1.807, 2.05) is 19.1 Å². The molecule has 1 aromatic rings. The third-order valence-electron chi connectivity index (χ3n) is 3.28. The van der Waals surface area contributed by atoms with E-state index < -0.39 is 0 Å². The molecule has 1 aliphatic heterocycles. The number of carbonyl (C=O) groups is 2. The van der Waals surface area contributed by atoms with E-state index in [1.165, 1.54) is 11.3 Å². The minimum Gasteiger partial charge on any atom is -0.363 e. The van der Waals surface area contributed by atoms with E-state index in [0.717, 1.165) is 17.7 Å². The molecule has 0 aromatic carbocycles. The lowest BCUT2D eigenvalue weighted by Crippen LogP contribution is -2.36. The maximum atomic E-state index is 11.9. The van der Waals surface area contributed by atoms with E-state index in [9.17, 15) is 9.59 Å². The molecule has 1 fully saturated rings. The highest BCUT2D eigenvalue weighted by atomic mass is 32.1. The zero-order valence-electron chi connectivity index (χ0n) is 12.0. The molecule has 0 aliphatic carbocycles. The van der Waals surface area contributed by atoms with Gasteiger partial charge >= 0.3 is 0 Å². The predicted molar refractivity (Wildman–Crippen MR) is 78.0 cm³/mol. The Bertz CT molecular complexity index is 498. The minimum absolute atomic E-state index is 0.00675. The van der Waals surface area contributed by atoms with Gasteiger partial charge in [0.2, 0.25) is 0 Å². The largest absolute Gasteiger partial charge is 0.363 e. The fourth-order valence-electron chi connectivity index (χ4n) is 2.18. The van der Waals surface area contributed by atoms with Crippen LogP contribution >= 0.6 is 11.3 Å². The second-order valence-corrected chi connectivity index (χ2v) is 6.46. The lowest BCUT2D eigenvalue weighted by atomic mass is 10.2. The summed E-state index contributed by atoms with van der Waals surface area (Å²) in [6, 6.07) is 3.75. The first-order chi connectivity index (χ1) is 9.47. The van der Waals surface area contributed by atoms with E-state index >= 15 is 0 Å². The molecule has 6 heteroatoms. The number of carbonyl (C=O) groups excluding carboxylic acids is 2. The number of likely N-dealkylation sites (N-methyl/N-ethyl adjacent to an activating group) is 1. The summed E-state index contributed by atoms with van der Waals surface area (Å²) in [5.74, 6) is -0.0817. The molecule has 1 saturated heterocycles. The topological polar surface area (TPSA) is 58.6 Å². The SMILES string of the molecule is Cc1ccc(C(=O)NCC2CCC(C(=O)N(C)C)O2)s1. The van der Waals surface area contributed by atoms with Gasteiger partial charge in [-0.1, -0.05) is 0 Å². The highest BCUT2D eigenvalue weighted by Crippen LogP contribution is 2.21. The Hall–Kier alpha value is -1.40. The van der Waals surface area contributed by atoms with Crippen LogP contribution in [0.25, 0.3) is 0 Å². The summed E-state index contributed by atoms with van der Waals surface area (Å²) in [5, 5.41) is 2.86. The lowest BCUT2D eigenvalue weighted by Gasteiger charge is -2.17. The molecule has 1 aromatic heterocycles. The molecule has 0 radical (unpaired) electrons. The summed E-state index contributed by atoms with van der Waals surface area (Å²) in [7, 11) is 3.44. The number of nitrogens with zero attached hydrogens (tertiary/aromatic N) is 1. The van der Waals surface area contributed by atoms with Crippen LogP contribution in [0.3, 0.4) is 0 Å². The quantitative estimate of drug-likeness (QED) is 0.914. The number of thiophene rings is 1. The molecule has 0 bridgehead atoms. The third-order valence-corrected chi connectivity index (χ3v) is 4.28. The smallest absolute Gasteiger partial charge is 0.261 e. The summed E-state index contributed by atoms with van der Waals surface area (Å²) < 4.78 is 5.67. The second kappa shape index (κ2) is 6.37. The van der Waals surface area contributed by atoms with Crippen LogP contribution in [0.4, 0.5) is 0 Å². The van der Waals surface area contributed by atoms with Crippen LogP contribution in [-0.2, 0) is 9.53 Å². The van der Waals surface area contributed by atoms with Gasteiger partial charge in [0.15, 0.2) is 0 Å². The van der Waals surface area contributed by atoms with Crippen LogP contribution in [0.2, 0.25) is 0 Å². The normalized spacial score (nSPS) is 21.8. The second-order valence-electron chi connectivity index (χ2n) is 5.18. The van der Waals surface area contributed by atoms with Crippen molar-refractivity contribution in [3.05, 3.63) is 21.9 Å². The van der Waals surface area contributed by atoms with E-state index in [1.54, 1.807) is 19.0 Å². The van der Waals surface area contributed by atoms with E-state index in [4.69, 9.17) is 4.74 Å². The van der Waals surface area contributed by atoms with Gasteiger partial charge in [0, 0.05) is 25.5 Å². The molecule has 5 nitrogen and oxygen atoms in total. The Morgan fingerprint density at radius 3 is 2.75 bits per heavy atom. The third kappa shape index (κ3) is 3.58. The lowest BCUT2D eigenvalue weighted by molar-refractivity contribution is -0.140. The molecule has 1 aliphatic rings. The van der Waals surface area contributed by atoms with Gasteiger partial charge in [-0.05, 0) is 31.9 Å². The number of hydrogen-bond donors (Lipinski definition) is 1. The van der Waals surface area contributed by atoms with Crippen molar-refractivity contribution in [2.24, 2.45) is 0 Å². The zero-order chi connectivity index (χ0) is 14.7. The van der Waals surface area contributed by atoms with Crippen LogP contribution in [0.1, 0.15) is 27.4 Å². The Kier molecular flexibility index (Phi) is 4.77. The van der Waals surface area contributed by atoms with Crippen LogP contribution in [0, 0.1) is 6.92 Å². The fourth-order valence-corrected chi connectivity index (χ4v) is 2.96.